The predicted molar refractivity (Wildman–Crippen MR) is 118 cm³/mol. The van der Waals surface area contributed by atoms with E-state index in [4.69, 9.17) is 14.9 Å². The van der Waals surface area contributed by atoms with E-state index in [1.54, 1.807) is 12.1 Å². The molecule has 2 heterocycles. The van der Waals surface area contributed by atoms with Crippen LogP contribution in [0.3, 0.4) is 0 Å². The maximum atomic E-state index is 12.8. The number of carbonyl (C=O) groups excluding carboxylic acids is 2. The Morgan fingerprint density at radius 3 is 2.61 bits per heavy atom. The highest BCUT2D eigenvalue weighted by Crippen LogP contribution is 2.42. The Bertz CT molecular complexity index is 1150. The van der Waals surface area contributed by atoms with Crippen molar-refractivity contribution in [3.05, 3.63) is 82.3 Å². The summed E-state index contributed by atoms with van der Waals surface area (Å²) in [5.41, 5.74) is 10.4. The van der Waals surface area contributed by atoms with Crippen LogP contribution in [-0.4, -0.2) is 18.4 Å². The van der Waals surface area contributed by atoms with Gasteiger partial charge in [0.1, 0.15) is 17.3 Å². The number of amides is 2. The van der Waals surface area contributed by atoms with Gasteiger partial charge < -0.3 is 20.2 Å². The van der Waals surface area contributed by atoms with Crippen LogP contribution in [0.25, 0.3) is 0 Å². The molecule has 4 rings (SSSR count). The minimum Gasteiger partial charge on any atom is -0.482 e. The monoisotopic (exact) mass is 418 g/mol. The van der Waals surface area contributed by atoms with Crippen molar-refractivity contribution in [1.82, 2.24) is 0 Å². The standard InChI is InChI=1S/C25H26N2O4/c1-4-17-7-10-20(31-17)24(18-8-5-14(2)11-15(18)3)23(25(26)29)16-6-9-19-21(12-16)30-13-22(28)27-19/h5-12,23-24H,4,13H2,1-3H3,(H2,26,29)(H,27,28). The Hall–Kier alpha value is -3.54. The Labute approximate surface area is 181 Å². The van der Waals surface area contributed by atoms with Crippen molar-refractivity contribution in [2.75, 3.05) is 11.9 Å². The van der Waals surface area contributed by atoms with Gasteiger partial charge in [0.05, 0.1) is 17.5 Å². The molecule has 2 amide bonds. The smallest absolute Gasteiger partial charge is 0.262 e. The maximum Gasteiger partial charge on any atom is 0.262 e. The summed E-state index contributed by atoms with van der Waals surface area (Å²) in [4.78, 5) is 24.4. The van der Waals surface area contributed by atoms with E-state index in [0.717, 1.165) is 28.9 Å². The second-order valence-electron chi connectivity index (χ2n) is 7.97. The van der Waals surface area contributed by atoms with Crippen LogP contribution >= 0.6 is 0 Å². The molecule has 160 valence electrons. The molecule has 0 spiro atoms. The molecule has 3 N–H and O–H groups in total. The number of fused-ring (bicyclic) bond motifs is 1. The third-order valence-corrected chi connectivity index (χ3v) is 5.74. The van der Waals surface area contributed by atoms with Crippen molar-refractivity contribution >= 4 is 17.5 Å². The first-order valence-corrected chi connectivity index (χ1v) is 10.4. The van der Waals surface area contributed by atoms with Crippen LogP contribution in [0.1, 0.15) is 52.5 Å². The quantitative estimate of drug-likeness (QED) is 0.627. The largest absolute Gasteiger partial charge is 0.482 e. The van der Waals surface area contributed by atoms with Gasteiger partial charge in [-0.25, -0.2) is 0 Å². The number of hydrogen-bond acceptors (Lipinski definition) is 4. The fourth-order valence-electron chi connectivity index (χ4n) is 4.23. The van der Waals surface area contributed by atoms with E-state index in [1.807, 2.05) is 51.1 Å². The molecular formula is C25H26N2O4. The molecule has 6 heteroatoms. The summed E-state index contributed by atoms with van der Waals surface area (Å²) in [6, 6.07) is 15.4. The van der Waals surface area contributed by atoms with Gasteiger partial charge in [0.2, 0.25) is 5.91 Å². The SMILES string of the molecule is CCc1ccc(C(c2ccc(C)cc2C)C(C(N)=O)c2ccc3c(c2)OCC(=O)N3)o1. The van der Waals surface area contributed by atoms with Gasteiger partial charge in [-0.15, -0.1) is 0 Å². The molecule has 1 aliphatic heterocycles. The number of nitrogens with two attached hydrogens (primary N) is 1. The number of ether oxygens (including phenoxy) is 1. The van der Waals surface area contributed by atoms with Gasteiger partial charge in [-0.2, -0.15) is 0 Å². The molecule has 0 bridgehead atoms. The van der Waals surface area contributed by atoms with E-state index in [0.29, 0.717) is 22.8 Å². The van der Waals surface area contributed by atoms with E-state index in [2.05, 4.69) is 11.4 Å². The third kappa shape index (κ3) is 4.06. The zero-order valence-corrected chi connectivity index (χ0v) is 17.9. The highest BCUT2D eigenvalue weighted by molar-refractivity contribution is 5.95. The zero-order chi connectivity index (χ0) is 22.1. The normalized spacial score (nSPS) is 14.9. The average Bonchev–Trinajstić information content (AvgIpc) is 3.21. The molecule has 0 fully saturated rings. The predicted octanol–water partition coefficient (Wildman–Crippen LogP) is 4.19. The summed E-state index contributed by atoms with van der Waals surface area (Å²) < 4.78 is 11.7. The molecule has 0 aliphatic carbocycles. The lowest BCUT2D eigenvalue weighted by Crippen LogP contribution is -2.29. The number of benzene rings is 2. The van der Waals surface area contributed by atoms with Crippen LogP contribution in [0.5, 0.6) is 5.75 Å². The van der Waals surface area contributed by atoms with E-state index >= 15 is 0 Å². The topological polar surface area (TPSA) is 94.6 Å². The summed E-state index contributed by atoms with van der Waals surface area (Å²) >= 11 is 0. The summed E-state index contributed by atoms with van der Waals surface area (Å²) in [6.45, 7) is 6.03. The summed E-state index contributed by atoms with van der Waals surface area (Å²) in [5.74, 6) is 0.334. The average molecular weight is 418 g/mol. The Morgan fingerprint density at radius 2 is 1.94 bits per heavy atom. The molecular weight excluding hydrogens is 392 g/mol. The number of furan rings is 1. The molecule has 31 heavy (non-hydrogen) atoms. The number of aryl methyl sites for hydroxylation is 3. The van der Waals surface area contributed by atoms with Gasteiger partial charge in [0.15, 0.2) is 6.61 Å². The fourth-order valence-corrected chi connectivity index (χ4v) is 4.23. The third-order valence-electron chi connectivity index (χ3n) is 5.74. The van der Waals surface area contributed by atoms with Gasteiger partial charge in [0, 0.05) is 6.42 Å². The van der Waals surface area contributed by atoms with E-state index in [-0.39, 0.29) is 12.5 Å². The first-order valence-electron chi connectivity index (χ1n) is 10.4. The van der Waals surface area contributed by atoms with Crippen LogP contribution in [-0.2, 0) is 16.0 Å². The van der Waals surface area contributed by atoms with Crippen molar-refractivity contribution in [3.63, 3.8) is 0 Å². The molecule has 2 atom stereocenters. The molecule has 2 aromatic carbocycles. The van der Waals surface area contributed by atoms with Crippen LogP contribution in [0, 0.1) is 13.8 Å². The Balaban J connectivity index is 1.86. The van der Waals surface area contributed by atoms with Gasteiger partial charge in [-0.1, -0.05) is 36.8 Å². The second kappa shape index (κ2) is 8.30. The molecule has 6 nitrogen and oxygen atoms in total. The zero-order valence-electron chi connectivity index (χ0n) is 17.9. The fraction of sp³-hybridized carbons (Fsp3) is 0.280. The molecule has 1 aromatic heterocycles. The van der Waals surface area contributed by atoms with Crippen molar-refractivity contribution in [3.8, 4) is 5.75 Å². The van der Waals surface area contributed by atoms with Gasteiger partial charge >= 0.3 is 0 Å². The molecule has 1 aliphatic rings. The summed E-state index contributed by atoms with van der Waals surface area (Å²) in [5, 5.41) is 2.78. The molecule has 3 aromatic rings. The van der Waals surface area contributed by atoms with Crippen LogP contribution in [0.15, 0.2) is 52.9 Å². The highest BCUT2D eigenvalue weighted by atomic mass is 16.5. The van der Waals surface area contributed by atoms with Gasteiger partial charge in [0.25, 0.3) is 5.91 Å². The Morgan fingerprint density at radius 1 is 1.13 bits per heavy atom. The first-order chi connectivity index (χ1) is 14.9. The lowest BCUT2D eigenvalue weighted by molar-refractivity contribution is -0.120. The summed E-state index contributed by atoms with van der Waals surface area (Å²) in [6.07, 6.45) is 0.757. The van der Waals surface area contributed by atoms with Crippen molar-refractivity contribution in [2.24, 2.45) is 5.73 Å². The van der Waals surface area contributed by atoms with Crippen molar-refractivity contribution < 1.29 is 18.7 Å². The highest BCUT2D eigenvalue weighted by Gasteiger charge is 2.35. The van der Waals surface area contributed by atoms with Crippen molar-refractivity contribution in [1.29, 1.82) is 0 Å². The molecule has 0 saturated carbocycles. The number of primary amides is 1. The number of anilines is 1. The Kier molecular flexibility index (Phi) is 5.55. The van der Waals surface area contributed by atoms with E-state index in [9.17, 15) is 9.59 Å². The number of hydrogen-bond donors (Lipinski definition) is 2. The van der Waals surface area contributed by atoms with Crippen LogP contribution < -0.4 is 15.8 Å². The first kappa shape index (κ1) is 20.7. The molecule has 2 unspecified atom stereocenters. The lowest BCUT2D eigenvalue weighted by atomic mass is 9.77. The van der Waals surface area contributed by atoms with Gasteiger partial charge in [-0.05, 0) is 54.8 Å². The minimum absolute atomic E-state index is 0.0593. The van der Waals surface area contributed by atoms with Gasteiger partial charge in [-0.3, -0.25) is 9.59 Å². The van der Waals surface area contributed by atoms with Crippen LogP contribution in [0.4, 0.5) is 5.69 Å². The number of carbonyl (C=O) groups is 2. The summed E-state index contributed by atoms with van der Waals surface area (Å²) in [7, 11) is 0. The maximum absolute atomic E-state index is 12.8. The number of rotatable bonds is 6. The minimum atomic E-state index is -0.677. The number of nitrogens with one attached hydrogen (secondary N) is 1. The van der Waals surface area contributed by atoms with Crippen LogP contribution in [0.2, 0.25) is 0 Å². The van der Waals surface area contributed by atoms with E-state index < -0.39 is 17.7 Å². The molecule has 0 radical (unpaired) electrons. The van der Waals surface area contributed by atoms with E-state index in [1.165, 1.54) is 0 Å². The lowest BCUT2D eigenvalue weighted by Gasteiger charge is -2.27. The van der Waals surface area contributed by atoms with Crippen molar-refractivity contribution in [2.45, 2.75) is 39.0 Å². The second-order valence-corrected chi connectivity index (χ2v) is 7.97. The molecule has 0 saturated heterocycles.